The van der Waals surface area contributed by atoms with Gasteiger partial charge >= 0.3 is 0 Å². The molecule has 0 aliphatic heterocycles. The van der Waals surface area contributed by atoms with Gasteiger partial charge in [0.25, 0.3) is 0 Å². The predicted octanol–water partition coefficient (Wildman–Crippen LogP) is 8.00. The summed E-state index contributed by atoms with van der Waals surface area (Å²) in [6, 6.07) is 19.2. The SMILES string of the molecule is C=C(Nc1cn(C(C(=C)N(C)C)c2ccc(C3=CCC=CC=C3)cc2)cn1)C(CCCCc1ccccc1)NC(=C)C(C)(C)N. The highest BCUT2D eigenvalue weighted by Crippen LogP contribution is 2.30. The van der Waals surface area contributed by atoms with E-state index in [0.29, 0.717) is 0 Å². The third-order valence-corrected chi connectivity index (χ3v) is 8.23. The molecule has 1 aliphatic rings. The van der Waals surface area contributed by atoms with Gasteiger partial charge in [0.05, 0.1) is 18.4 Å². The van der Waals surface area contributed by atoms with Crippen molar-refractivity contribution in [1.29, 1.82) is 0 Å². The van der Waals surface area contributed by atoms with Gasteiger partial charge in [-0.15, -0.1) is 0 Å². The number of likely N-dealkylation sites (N-methyl/N-ethyl adjacent to an activating group) is 1. The van der Waals surface area contributed by atoms with Crippen LogP contribution in [0.25, 0.3) is 5.57 Å². The van der Waals surface area contributed by atoms with Crippen LogP contribution in [0.5, 0.6) is 0 Å². The minimum atomic E-state index is -0.556. The van der Waals surface area contributed by atoms with Crippen molar-refractivity contribution < 1.29 is 0 Å². The molecule has 0 saturated carbocycles. The lowest BCUT2D eigenvalue weighted by atomic mass is 9.98. The number of aryl methyl sites for hydroxylation is 1. The van der Waals surface area contributed by atoms with Gasteiger partial charge < -0.3 is 25.8 Å². The summed E-state index contributed by atoms with van der Waals surface area (Å²) in [6.07, 6.45) is 19.6. The van der Waals surface area contributed by atoms with Crippen LogP contribution in [-0.4, -0.2) is 40.1 Å². The minimum Gasteiger partial charge on any atom is -0.379 e. The summed E-state index contributed by atoms with van der Waals surface area (Å²) < 4.78 is 2.10. The van der Waals surface area contributed by atoms with Gasteiger partial charge in [0.15, 0.2) is 0 Å². The molecular formula is C39H50N6. The molecule has 6 heteroatoms. The van der Waals surface area contributed by atoms with Crippen molar-refractivity contribution >= 4 is 11.4 Å². The fourth-order valence-electron chi connectivity index (χ4n) is 5.28. The second-order valence-electron chi connectivity index (χ2n) is 12.6. The predicted molar refractivity (Wildman–Crippen MR) is 192 cm³/mol. The van der Waals surface area contributed by atoms with Crippen LogP contribution < -0.4 is 16.4 Å². The number of aromatic nitrogens is 2. The summed E-state index contributed by atoms with van der Waals surface area (Å²) in [5.74, 6) is 0.725. The lowest BCUT2D eigenvalue weighted by Crippen LogP contribution is -2.45. The number of hydrogen-bond donors (Lipinski definition) is 3. The van der Waals surface area contributed by atoms with Gasteiger partial charge in [-0.1, -0.05) is 111 Å². The summed E-state index contributed by atoms with van der Waals surface area (Å²) in [4.78, 5) is 6.78. The first kappa shape index (κ1) is 33.3. The highest BCUT2D eigenvalue weighted by atomic mass is 15.2. The van der Waals surface area contributed by atoms with E-state index >= 15 is 0 Å². The van der Waals surface area contributed by atoms with Gasteiger partial charge in [0, 0.05) is 42.9 Å². The Morgan fingerprint density at radius 1 is 1.02 bits per heavy atom. The van der Waals surface area contributed by atoms with E-state index in [9.17, 15) is 0 Å². The lowest BCUT2D eigenvalue weighted by molar-refractivity contribution is 0.441. The highest BCUT2D eigenvalue weighted by Gasteiger charge is 2.23. The second-order valence-corrected chi connectivity index (χ2v) is 12.6. The Labute approximate surface area is 270 Å². The number of nitrogens with two attached hydrogens (primary N) is 1. The normalized spacial score (nSPS) is 14.2. The average molecular weight is 603 g/mol. The van der Waals surface area contributed by atoms with E-state index in [2.05, 4.69) is 125 Å². The van der Waals surface area contributed by atoms with Crippen molar-refractivity contribution in [3.63, 3.8) is 0 Å². The van der Waals surface area contributed by atoms with Crippen LogP contribution in [0.1, 0.15) is 62.3 Å². The van der Waals surface area contributed by atoms with Gasteiger partial charge in [-0.05, 0) is 61.8 Å². The van der Waals surface area contributed by atoms with E-state index in [1.807, 2.05) is 40.5 Å². The summed E-state index contributed by atoms with van der Waals surface area (Å²) >= 11 is 0. The Bertz CT molecular complexity index is 1530. The molecule has 0 radical (unpaired) electrons. The van der Waals surface area contributed by atoms with Crippen molar-refractivity contribution in [2.24, 2.45) is 5.73 Å². The number of anilines is 1. The Morgan fingerprint density at radius 2 is 1.76 bits per heavy atom. The fraction of sp³-hybridized carbons (Fsp3) is 0.308. The van der Waals surface area contributed by atoms with Crippen LogP contribution in [0.4, 0.5) is 5.82 Å². The maximum atomic E-state index is 6.36. The van der Waals surface area contributed by atoms with Gasteiger partial charge in [-0.3, -0.25) is 0 Å². The molecule has 45 heavy (non-hydrogen) atoms. The van der Waals surface area contributed by atoms with Crippen LogP contribution in [0.15, 0.2) is 134 Å². The zero-order valence-electron chi connectivity index (χ0n) is 27.5. The molecule has 2 aromatic carbocycles. The average Bonchev–Trinajstić information content (AvgIpc) is 3.29. The van der Waals surface area contributed by atoms with E-state index in [-0.39, 0.29) is 12.1 Å². The van der Waals surface area contributed by atoms with Crippen molar-refractivity contribution in [2.75, 3.05) is 19.4 Å². The quantitative estimate of drug-likeness (QED) is 0.145. The largest absolute Gasteiger partial charge is 0.379 e. The van der Waals surface area contributed by atoms with E-state index in [1.165, 1.54) is 16.7 Å². The van der Waals surface area contributed by atoms with Crippen molar-refractivity contribution in [2.45, 2.75) is 63.6 Å². The van der Waals surface area contributed by atoms with Gasteiger partial charge in [0.2, 0.25) is 0 Å². The van der Waals surface area contributed by atoms with Crippen molar-refractivity contribution in [3.8, 4) is 0 Å². The summed E-state index contributed by atoms with van der Waals surface area (Å²) in [5.41, 5.74) is 13.3. The van der Waals surface area contributed by atoms with E-state index in [4.69, 9.17) is 10.7 Å². The van der Waals surface area contributed by atoms with Crippen LogP contribution in [-0.2, 0) is 6.42 Å². The molecule has 2 atom stereocenters. The minimum absolute atomic E-state index is 0.0520. The summed E-state index contributed by atoms with van der Waals surface area (Å²) in [7, 11) is 4.05. The van der Waals surface area contributed by atoms with Crippen molar-refractivity contribution in [3.05, 3.63) is 151 Å². The molecule has 1 heterocycles. The Morgan fingerprint density at radius 3 is 2.44 bits per heavy atom. The van der Waals surface area contributed by atoms with Crippen LogP contribution in [0.3, 0.4) is 0 Å². The summed E-state index contributed by atoms with van der Waals surface area (Å²) in [6.45, 7) is 17.0. The number of hydrogen-bond acceptors (Lipinski definition) is 5. The first-order valence-corrected chi connectivity index (χ1v) is 15.8. The fourth-order valence-corrected chi connectivity index (χ4v) is 5.28. The molecular weight excluding hydrogens is 552 g/mol. The third kappa shape index (κ3) is 9.47. The lowest BCUT2D eigenvalue weighted by Gasteiger charge is -2.30. The molecule has 4 rings (SSSR count). The number of nitrogens with one attached hydrogen (secondary N) is 2. The molecule has 6 nitrogen and oxygen atoms in total. The van der Waals surface area contributed by atoms with Crippen molar-refractivity contribution in [1.82, 2.24) is 19.8 Å². The monoisotopic (exact) mass is 602 g/mol. The Hall–Kier alpha value is -4.55. The Balaban J connectivity index is 1.48. The molecule has 0 spiro atoms. The molecule has 0 amide bonds. The zero-order chi connectivity index (χ0) is 32.4. The van der Waals surface area contributed by atoms with Crippen LogP contribution in [0.2, 0.25) is 0 Å². The maximum absolute atomic E-state index is 6.36. The standard InChI is InChI=1S/C39H50N6/c1-29(36(43-31(3)39(4,5)40)22-16-15-19-32-17-11-10-12-18-32)42-37-27-45(28-41-37)38(30(2)44(6)7)35-25-23-34(24-26-35)33-20-13-8-9-14-21-33/h8-13,17-18,20-21,23-28,36,38,42-43H,1-3,14-16,19,22,40H2,4-7H3. The molecule has 4 N–H and O–H groups in total. The number of benzene rings is 2. The third-order valence-electron chi connectivity index (χ3n) is 8.23. The van der Waals surface area contributed by atoms with Crippen LogP contribution in [0, 0.1) is 0 Å². The van der Waals surface area contributed by atoms with Gasteiger partial charge in [-0.25, -0.2) is 4.98 Å². The van der Waals surface area contributed by atoms with E-state index in [1.54, 1.807) is 0 Å². The number of rotatable bonds is 16. The second kappa shape index (κ2) is 15.4. The number of imidazole rings is 1. The van der Waals surface area contributed by atoms with Crippen LogP contribution >= 0.6 is 0 Å². The molecule has 2 unspecified atom stereocenters. The van der Waals surface area contributed by atoms with Gasteiger partial charge in [-0.2, -0.15) is 0 Å². The molecule has 3 aromatic rings. The zero-order valence-corrected chi connectivity index (χ0v) is 27.5. The first-order valence-electron chi connectivity index (χ1n) is 15.8. The van der Waals surface area contributed by atoms with E-state index < -0.39 is 5.54 Å². The van der Waals surface area contributed by atoms with E-state index in [0.717, 1.165) is 60.6 Å². The molecule has 236 valence electrons. The van der Waals surface area contributed by atoms with Gasteiger partial charge in [0.1, 0.15) is 5.82 Å². The topological polar surface area (TPSA) is 71.1 Å². The first-order chi connectivity index (χ1) is 21.5. The number of nitrogens with zero attached hydrogens (tertiary/aromatic N) is 3. The number of allylic oxidation sites excluding steroid dienone is 7. The molecule has 1 aliphatic carbocycles. The Kier molecular flexibility index (Phi) is 11.4. The molecule has 1 aromatic heterocycles. The smallest absolute Gasteiger partial charge is 0.148 e. The highest BCUT2D eigenvalue weighted by molar-refractivity contribution is 5.75. The number of unbranched alkanes of at least 4 members (excludes halogenated alkanes) is 1. The summed E-state index contributed by atoms with van der Waals surface area (Å²) in [5, 5.41) is 7.03. The molecule has 0 bridgehead atoms. The molecule has 0 fully saturated rings. The maximum Gasteiger partial charge on any atom is 0.148 e. The molecule has 0 saturated heterocycles.